The van der Waals surface area contributed by atoms with Crippen LogP contribution in [0.2, 0.25) is 0 Å². The highest BCUT2D eigenvalue weighted by Crippen LogP contribution is 2.45. The minimum Gasteiger partial charge on any atom is -0.508 e. The molecule has 298 valence electrons. The quantitative estimate of drug-likeness (QED) is 0.103. The smallest absolute Gasteiger partial charge is 0.239 e. The number of ether oxygens (including phenoxy) is 5. The fourth-order valence-corrected chi connectivity index (χ4v) is 6.67. The third-order valence-electron chi connectivity index (χ3n) is 9.92. The van der Waals surface area contributed by atoms with Gasteiger partial charge in [-0.25, -0.2) is 0 Å². The van der Waals surface area contributed by atoms with Crippen molar-refractivity contribution in [1.29, 1.82) is 0 Å². The van der Waals surface area contributed by atoms with Crippen molar-refractivity contribution < 1.29 is 94.5 Å². The maximum atomic E-state index is 14.0. The molecule has 13 N–H and O–H groups in total. The molecule has 2 aromatic carbocycles. The van der Waals surface area contributed by atoms with E-state index in [0.29, 0.717) is 0 Å². The van der Waals surface area contributed by atoms with Crippen LogP contribution in [0.4, 0.5) is 0 Å². The first kappa shape index (κ1) is 39.7. The predicted octanol–water partition coefficient (Wildman–Crippen LogP) is -2.82. The Labute approximate surface area is 304 Å². The van der Waals surface area contributed by atoms with Gasteiger partial charge in [-0.3, -0.25) is 4.79 Å². The Morgan fingerprint density at radius 3 is 2.04 bits per heavy atom. The van der Waals surface area contributed by atoms with E-state index in [9.17, 15) is 71.2 Å². The average molecular weight is 771 g/mol. The van der Waals surface area contributed by atoms with Crippen LogP contribution in [0.15, 0.2) is 33.5 Å². The Balaban J connectivity index is 1.36. The summed E-state index contributed by atoms with van der Waals surface area (Å²) in [5.74, 6) is -5.49. The molecule has 2 aliphatic heterocycles. The van der Waals surface area contributed by atoms with E-state index in [1.54, 1.807) is 6.92 Å². The zero-order valence-corrected chi connectivity index (χ0v) is 28.6. The lowest BCUT2D eigenvalue weighted by Gasteiger charge is -2.42. The van der Waals surface area contributed by atoms with E-state index in [-0.39, 0.29) is 12.0 Å². The molecule has 1 aliphatic carbocycles. The van der Waals surface area contributed by atoms with E-state index in [4.69, 9.17) is 28.1 Å². The molecule has 3 fully saturated rings. The number of aliphatic hydroxyl groups excluding tert-OH is 9. The number of benzene rings is 2. The molecule has 0 radical (unpaired) electrons. The molecule has 6 rings (SSSR count). The lowest BCUT2D eigenvalue weighted by Crippen LogP contribution is -2.61. The molecule has 20 nitrogen and oxygen atoms in total. The van der Waals surface area contributed by atoms with Crippen LogP contribution < -0.4 is 14.9 Å². The minimum atomic E-state index is -2.08. The second kappa shape index (κ2) is 15.2. The molecule has 1 saturated carbocycles. The first-order chi connectivity index (χ1) is 25.4. The zero-order chi connectivity index (χ0) is 39.5. The van der Waals surface area contributed by atoms with Gasteiger partial charge in [-0.1, -0.05) is 6.92 Å². The lowest BCUT2D eigenvalue weighted by atomic mass is 9.82. The van der Waals surface area contributed by atoms with Crippen molar-refractivity contribution >= 4 is 11.0 Å². The van der Waals surface area contributed by atoms with Crippen LogP contribution in [0.25, 0.3) is 22.3 Å². The van der Waals surface area contributed by atoms with E-state index < -0.39 is 155 Å². The Kier molecular flexibility index (Phi) is 11.2. The zero-order valence-electron chi connectivity index (χ0n) is 28.6. The van der Waals surface area contributed by atoms with Gasteiger partial charge < -0.3 is 94.5 Å². The summed E-state index contributed by atoms with van der Waals surface area (Å²) < 4.78 is 34.0. The van der Waals surface area contributed by atoms with Gasteiger partial charge in [-0.2, -0.15) is 0 Å². The normalized spacial score (nSPS) is 37.3. The van der Waals surface area contributed by atoms with Gasteiger partial charge in [0.25, 0.3) is 0 Å². The first-order valence-electron chi connectivity index (χ1n) is 16.9. The predicted molar refractivity (Wildman–Crippen MR) is 176 cm³/mol. The van der Waals surface area contributed by atoms with Crippen molar-refractivity contribution in [3.8, 4) is 45.8 Å². The summed E-state index contributed by atoms with van der Waals surface area (Å²) in [4.78, 5) is 14.0. The SMILES string of the molecule is CC1CC(Oc2cc(-c3oc4cc(O)cc(O)c4c(=O)c3O[C@@H]3O[C@H](CO[C@@H]4O[C@@H](C)[C@H](O)[C@@H](O)[C@H]4O)[C@@H](O)[C@H](O)[C@H]3O)cc(O)c2O)C(O)C(O)C1O. The van der Waals surface area contributed by atoms with Gasteiger partial charge in [0, 0.05) is 17.7 Å². The summed E-state index contributed by atoms with van der Waals surface area (Å²) in [6.07, 6.45) is -22.7. The van der Waals surface area contributed by atoms with Crippen molar-refractivity contribution in [2.45, 2.75) is 106 Å². The molecule has 3 aliphatic rings. The molecule has 15 atom stereocenters. The lowest BCUT2D eigenvalue weighted by molar-refractivity contribution is -0.318. The van der Waals surface area contributed by atoms with E-state index in [2.05, 4.69) is 0 Å². The second-order valence-electron chi connectivity index (χ2n) is 13.8. The molecular formula is C34H42O20. The van der Waals surface area contributed by atoms with Gasteiger partial charge in [0.2, 0.25) is 23.2 Å². The largest absolute Gasteiger partial charge is 0.508 e. The van der Waals surface area contributed by atoms with Crippen LogP contribution in [0, 0.1) is 5.92 Å². The summed E-state index contributed by atoms with van der Waals surface area (Å²) in [6, 6.07) is 3.72. The van der Waals surface area contributed by atoms with E-state index in [1.807, 2.05) is 0 Å². The maximum Gasteiger partial charge on any atom is 0.239 e. The number of rotatable bonds is 8. The van der Waals surface area contributed by atoms with Gasteiger partial charge >= 0.3 is 0 Å². The average Bonchev–Trinajstić information content (AvgIpc) is 3.12. The van der Waals surface area contributed by atoms with Crippen LogP contribution in [-0.2, 0) is 14.2 Å². The van der Waals surface area contributed by atoms with Crippen molar-refractivity contribution in [1.82, 2.24) is 0 Å². The molecule has 0 spiro atoms. The molecule has 1 aromatic heterocycles. The number of hydrogen-bond acceptors (Lipinski definition) is 20. The monoisotopic (exact) mass is 770 g/mol. The number of fused-ring (bicyclic) bond motifs is 1. The van der Waals surface area contributed by atoms with Crippen LogP contribution in [-0.4, -0.2) is 159 Å². The molecular weight excluding hydrogens is 728 g/mol. The first-order valence-corrected chi connectivity index (χ1v) is 16.9. The molecule has 0 amide bonds. The molecule has 20 heteroatoms. The van der Waals surface area contributed by atoms with Gasteiger partial charge in [0.1, 0.15) is 83.5 Å². The highest BCUT2D eigenvalue weighted by molar-refractivity contribution is 5.88. The standard InChI is InChI=1S/C34H42O20/c1-9-3-16(23(41)26(44)20(9)38)51-17-5-11(4-14(37)22(17)40)31-32(25(43)19-13(36)6-12(35)7-15(19)52-31)54-34-30(48)28(46)24(42)18(53-34)8-49-33-29(47)27(45)21(39)10(2)50-33/h4-7,9-10,16,18,20-21,23-24,26-30,33-42,44-48H,3,8H2,1-2H3/t9?,10-,16?,18+,20?,21-,23?,24+,26?,27+,28-,29+,30+,33+,34-/m0/s1. The van der Waals surface area contributed by atoms with Crippen molar-refractivity contribution in [2.75, 3.05) is 6.61 Å². The van der Waals surface area contributed by atoms with Crippen molar-refractivity contribution in [3.63, 3.8) is 0 Å². The highest BCUT2D eigenvalue weighted by Gasteiger charge is 2.48. The van der Waals surface area contributed by atoms with Crippen LogP contribution in [0.1, 0.15) is 20.3 Å². The fourth-order valence-electron chi connectivity index (χ4n) is 6.67. The number of aromatic hydroxyl groups is 4. The van der Waals surface area contributed by atoms with E-state index in [1.165, 1.54) is 6.92 Å². The number of phenols is 4. The van der Waals surface area contributed by atoms with E-state index in [0.717, 1.165) is 24.3 Å². The van der Waals surface area contributed by atoms with E-state index >= 15 is 0 Å². The van der Waals surface area contributed by atoms with Gasteiger partial charge in [-0.15, -0.1) is 0 Å². The summed E-state index contributed by atoms with van der Waals surface area (Å²) in [5.41, 5.74) is -1.83. The van der Waals surface area contributed by atoms with Crippen LogP contribution in [0.5, 0.6) is 34.5 Å². The Hall–Kier alpha value is -4.03. The molecule has 3 aromatic rings. The molecule has 0 bridgehead atoms. The number of hydrogen-bond donors (Lipinski definition) is 13. The summed E-state index contributed by atoms with van der Waals surface area (Å²) >= 11 is 0. The third kappa shape index (κ3) is 7.23. The summed E-state index contributed by atoms with van der Waals surface area (Å²) in [5, 5.41) is 135. The van der Waals surface area contributed by atoms with Gasteiger partial charge in [0.05, 0.1) is 18.8 Å². The molecule has 2 saturated heterocycles. The fraction of sp³-hybridized carbons (Fsp3) is 0.559. The topological polar surface area (TPSA) is 339 Å². The second-order valence-corrected chi connectivity index (χ2v) is 13.8. The molecule has 54 heavy (non-hydrogen) atoms. The Morgan fingerprint density at radius 2 is 1.33 bits per heavy atom. The number of aliphatic hydroxyl groups is 9. The van der Waals surface area contributed by atoms with Gasteiger partial charge in [-0.05, 0) is 31.4 Å². The Morgan fingerprint density at radius 1 is 0.685 bits per heavy atom. The molecule has 5 unspecified atom stereocenters. The third-order valence-corrected chi connectivity index (χ3v) is 9.92. The maximum absolute atomic E-state index is 14.0. The van der Waals surface area contributed by atoms with Crippen molar-refractivity contribution in [2.24, 2.45) is 5.92 Å². The highest BCUT2D eigenvalue weighted by atomic mass is 16.7. The van der Waals surface area contributed by atoms with Gasteiger partial charge in [0.15, 0.2) is 23.5 Å². The van der Waals surface area contributed by atoms with Crippen LogP contribution >= 0.6 is 0 Å². The summed E-state index contributed by atoms with van der Waals surface area (Å²) in [6.45, 7) is 2.31. The Bertz CT molecular complexity index is 1880. The molecule has 3 heterocycles. The summed E-state index contributed by atoms with van der Waals surface area (Å²) in [7, 11) is 0. The number of phenolic OH excluding ortho intramolecular Hbond substituents is 4. The minimum absolute atomic E-state index is 0.00878. The van der Waals surface area contributed by atoms with Crippen LogP contribution in [0.3, 0.4) is 0 Å². The van der Waals surface area contributed by atoms with Crippen molar-refractivity contribution in [3.05, 3.63) is 34.5 Å².